The zero-order chi connectivity index (χ0) is 11.7. The molecule has 0 spiro atoms. The number of fused-ring (bicyclic) bond motifs is 1. The van der Waals surface area contributed by atoms with Crippen LogP contribution in [0, 0.1) is 0 Å². The number of hydrogen-bond donors (Lipinski definition) is 2. The van der Waals surface area contributed by atoms with E-state index in [1.165, 1.54) is 11.3 Å². The molecule has 0 amide bonds. The van der Waals surface area contributed by atoms with Gasteiger partial charge in [-0.25, -0.2) is 9.78 Å². The Balaban J connectivity index is 2.51. The number of rotatable bonds is 2. The van der Waals surface area contributed by atoms with Crippen LogP contribution in [0.4, 0.5) is 11.8 Å². The molecule has 0 radical (unpaired) electrons. The zero-order valence-electron chi connectivity index (χ0n) is 8.56. The van der Waals surface area contributed by atoms with Gasteiger partial charge in [0.2, 0.25) is 5.95 Å². The van der Waals surface area contributed by atoms with Crippen LogP contribution in [0.1, 0.15) is 16.6 Å². The van der Waals surface area contributed by atoms with Gasteiger partial charge in [-0.05, 0) is 13.0 Å². The van der Waals surface area contributed by atoms with Gasteiger partial charge >= 0.3 is 5.97 Å². The molecule has 0 aliphatic heterocycles. The molecule has 7 heteroatoms. The molecule has 2 aromatic rings. The molecule has 6 nitrogen and oxygen atoms in total. The van der Waals surface area contributed by atoms with Gasteiger partial charge in [-0.15, -0.1) is 11.3 Å². The number of hydrogen-bond acceptors (Lipinski definition) is 7. The van der Waals surface area contributed by atoms with E-state index in [1.807, 2.05) is 0 Å². The molecular weight excluding hydrogens is 228 g/mol. The Labute approximate surface area is 95.2 Å². The van der Waals surface area contributed by atoms with Crippen molar-refractivity contribution in [1.82, 2.24) is 9.97 Å². The lowest BCUT2D eigenvalue weighted by Crippen LogP contribution is -2.01. The number of carbonyl (C=O) groups excluding carboxylic acids is 1. The average molecular weight is 238 g/mol. The van der Waals surface area contributed by atoms with E-state index in [1.54, 1.807) is 13.0 Å². The standard InChI is InChI=1S/C9H10N4O2S/c1-2-15-8(14)5-3-4-6(10)12-9(11)13-7(4)16-5/h3H,2H2,1H3,(H4,10,11,12,13). The van der Waals surface area contributed by atoms with E-state index >= 15 is 0 Å². The maximum absolute atomic E-state index is 11.5. The average Bonchev–Trinajstić information content (AvgIpc) is 2.62. The quantitative estimate of drug-likeness (QED) is 0.757. The minimum atomic E-state index is -0.386. The summed E-state index contributed by atoms with van der Waals surface area (Å²) in [5, 5.41) is 0.627. The van der Waals surface area contributed by atoms with Crippen LogP contribution in [0.5, 0.6) is 0 Å². The molecule has 2 rings (SSSR count). The Morgan fingerprint density at radius 1 is 1.50 bits per heavy atom. The Morgan fingerprint density at radius 3 is 2.94 bits per heavy atom. The first-order chi connectivity index (χ1) is 7.61. The summed E-state index contributed by atoms with van der Waals surface area (Å²) in [4.78, 5) is 20.3. The Morgan fingerprint density at radius 2 is 2.25 bits per heavy atom. The summed E-state index contributed by atoms with van der Waals surface area (Å²) in [7, 11) is 0. The Bertz CT molecular complexity index is 552. The van der Waals surface area contributed by atoms with Crippen molar-refractivity contribution < 1.29 is 9.53 Å². The van der Waals surface area contributed by atoms with Gasteiger partial charge in [0.15, 0.2) is 0 Å². The van der Waals surface area contributed by atoms with E-state index in [2.05, 4.69) is 9.97 Å². The van der Waals surface area contributed by atoms with E-state index < -0.39 is 0 Å². The lowest BCUT2D eigenvalue weighted by atomic mass is 10.3. The van der Waals surface area contributed by atoms with Gasteiger partial charge in [0.25, 0.3) is 0 Å². The normalized spacial score (nSPS) is 10.6. The van der Waals surface area contributed by atoms with Gasteiger partial charge in [0.05, 0.1) is 12.0 Å². The second kappa shape index (κ2) is 3.93. The van der Waals surface area contributed by atoms with Crippen molar-refractivity contribution >= 4 is 39.3 Å². The third-order valence-corrected chi connectivity index (χ3v) is 2.93. The molecule has 0 saturated carbocycles. The van der Waals surface area contributed by atoms with Gasteiger partial charge in [0.1, 0.15) is 15.5 Å². The SMILES string of the molecule is CCOC(=O)c1cc2c(N)nc(N)nc2s1. The van der Waals surface area contributed by atoms with Gasteiger partial charge in [-0.1, -0.05) is 0 Å². The van der Waals surface area contributed by atoms with Gasteiger partial charge < -0.3 is 16.2 Å². The van der Waals surface area contributed by atoms with Crippen molar-refractivity contribution in [1.29, 1.82) is 0 Å². The molecule has 0 unspecified atom stereocenters. The maximum atomic E-state index is 11.5. The smallest absolute Gasteiger partial charge is 0.348 e. The summed E-state index contributed by atoms with van der Waals surface area (Å²) in [5.74, 6) is -0.0139. The summed E-state index contributed by atoms with van der Waals surface area (Å²) in [6.45, 7) is 2.08. The van der Waals surface area contributed by atoms with Crippen LogP contribution in [-0.4, -0.2) is 22.5 Å². The van der Waals surface area contributed by atoms with Crippen LogP contribution in [-0.2, 0) is 4.74 Å². The van der Waals surface area contributed by atoms with Crippen LogP contribution in [0.15, 0.2) is 6.07 Å². The Kier molecular flexibility index (Phi) is 2.61. The minimum Gasteiger partial charge on any atom is -0.462 e. The van der Waals surface area contributed by atoms with Crippen molar-refractivity contribution in [3.8, 4) is 0 Å². The second-order valence-electron chi connectivity index (χ2n) is 3.02. The van der Waals surface area contributed by atoms with E-state index in [-0.39, 0.29) is 17.7 Å². The van der Waals surface area contributed by atoms with E-state index in [9.17, 15) is 4.79 Å². The van der Waals surface area contributed by atoms with Crippen molar-refractivity contribution in [3.05, 3.63) is 10.9 Å². The topological polar surface area (TPSA) is 104 Å². The molecule has 0 aliphatic rings. The maximum Gasteiger partial charge on any atom is 0.348 e. The lowest BCUT2D eigenvalue weighted by molar-refractivity contribution is 0.0532. The molecule has 0 aliphatic carbocycles. The highest BCUT2D eigenvalue weighted by Crippen LogP contribution is 2.28. The number of nitrogen functional groups attached to an aromatic ring is 2. The van der Waals surface area contributed by atoms with Crippen molar-refractivity contribution in [2.24, 2.45) is 0 Å². The molecule has 84 valence electrons. The number of esters is 1. The molecule has 0 atom stereocenters. The number of aromatic nitrogens is 2. The first-order valence-electron chi connectivity index (χ1n) is 4.61. The molecule has 16 heavy (non-hydrogen) atoms. The molecule has 0 bridgehead atoms. The molecular formula is C9H10N4O2S. The summed E-state index contributed by atoms with van der Waals surface area (Å²) < 4.78 is 4.88. The van der Waals surface area contributed by atoms with Crippen molar-refractivity contribution in [3.63, 3.8) is 0 Å². The molecule has 2 aromatic heterocycles. The minimum absolute atomic E-state index is 0.0993. The zero-order valence-corrected chi connectivity index (χ0v) is 9.37. The molecule has 0 aromatic carbocycles. The van der Waals surface area contributed by atoms with Crippen molar-refractivity contribution in [2.45, 2.75) is 6.92 Å². The highest BCUT2D eigenvalue weighted by Gasteiger charge is 2.14. The molecule has 2 heterocycles. The molecule has 4 N–H and O–H groups in total. The third-order valence-electron chi connectivity index (χ3n) is 1.92. The number of carbonyl (C=O) groups is 1. The molecule has 0 saturated heterocycles. The number of nitrogens with two attached hydrogens (primary N) is 2. The monoisotopic (exact) mass is 238 g/mol. The van der Waals surface area contributed by atoms with Crippen molar-refractivity contribution in [2.75, 3.05) is 18.1 Å². The van der Waals surface area contributed by atoms with Crippen LogP contribution in [0.2, 0.25) is 0 Å². The summed E-state index contributed by atoms with van der Waals surface area (Å²) in [6.07, 6.45) is 0. The van der Waals surface area contributed by atoms with Gasteiger partial charge in [-0.2, -0.15) is 4.98 Å². The van der Waals surface area contributed by atoms with E-state index in [0.29, 0.717) is 21.7 Å². The van der Waals surface area contributed by atoms with Crippen LogP contribution >= 0.6 is 11.3 Å². The highest BCUT2D eigenvalue weighted by molar-refractivity contribution is 7.20. The fourth-order valence-corrected chi connectivity index (χ4v) is 2.20. The predicted octanol–water partition coefficient (Wildman–Crippen LogP) is 1.03. The van der Waals surface area contributed by atoms with E-state index in [4.69, 9.17) is 16.2 Å². The fourth-order valence-electron chi connectivity index (χ4n) is 1.26. The summed E-state index contributed by atoms with van der Waals surface area (Å²) in [5.41, 5.74) is 11.1. The highest BCUT2D eigenvalue weighted by atomic mass is 32.1. The predicted molar refractivity (Wildman–Crippen MR) is 62.2 cm³/mol. The first-order valence-corrected chi connectivity index (χ1v) is 5.43. The van der Waals surface area contributed by atoms with Crippen LogP contribution in [0.3, 0.4) is 0 Å². The largest absolute Gasteiger partial charge is 0.462 e. The summed E-state index contributed by atoms with van der Waals surface area (Å²) >= 11 is 1.19. The van der Waals surface area contributed by atoms with Crippen LogP contribution < -0.4 is 11.5 Å². The number of ether oxygens (including phenoxy) is 1. The van der Waals surface area contributed by atoms with Gasteiger partial charge in [0, 0.05) is 0 Å². The number of anilines is 2. The Hall–Kier alpha value is -1.89. The van der Waals surface area contributed by atoms with Gasteiger partial charge in [-0.3, -0.25) is 0 Å². The fraction of sp³-hybridized carbons (Fsp3) is 0.222. The lowest BCUT2D eigenvalue weighted by Gasteiger charge is -1.95. The third kappa shape index (κ3) is 1.76. The molecule has 0 fully saturated rings. The first kappa shape index (κ1) is 10.6. The number of nitrogens with zero attached hydrogens (tertiary/aromatic N) is 2. The number of thiophene rings is 1. The van der Waals surface area contributed by atoms with E-state index in [0.717, 1.165) is 0 Å². The summed E-state index contributed by atoms with van der Waals surface area (Å²) in [6, 6.07) is 1.62. The second-order valence-corrected chi connectivity index (χ2v) is 4.05. The van der Waals surface area contributed by atoms with Crippen LogP contribution in [0.25, 0.3) is 10.2 Å².